The molecule has 0 N–H and O–H groups in total. The number of rotatable bonds is 2. The van der Waals surface area contributed by atoms with E-state index < -0.39 is 0 Å². The van der Waals surface area contributed by atoms with Crippen molar-refractivity contribution in [2.24, 2.45) is 0 Å². The van der Waals surface area contributed by atoms with E-state index in [9.17, 15) is 0 Å². The average molecular weight is 209 g/mol. The van der Waals surface area contributed by atoms with Crippen LogP contribution in [0.4, 0.5) is 0 Å². The zero-order valence-electron chi connectivity index (χ0n) is 9.43. The second-order valence-corrected chi connectivity index (χ2v) is 4.24. The summed E-state index contributed by atoms with van der Waals surface area (Å²) < 4.78 is 2.27. The molecule has 0 aliphatic heterocycles. The van der Waals surface area contributed by atoms with Crippen molar-refractivity contribution in [3.05, 3.63) is 59.9 Å². The summed E-state index contributed by atoms with van der Waals surface area (Å²) in [4.78, 5) is 0. The fourth-order valence-corrected chi connectivity index (χ4v) is 2.43. The van der Waals surface area contributed by atoms with Crippen molar-refractivity contribution in [3.8, 4) is 5.69 Å². The lowest BCUT2D eigenvalue weighted by Crippen LogP contribution is -1.94. The molecule has 1 heterocycles. The molecule has 0 spiro atoms. The molecule has 1 atom stereocenters. The number of hydrogen-bond donors (Lipinski definition) is 0. The summed E-state index contributed by atoms with van der Waals surface area (Å²) in [5.41, 5.74) is 4.05. The highest BCUT2D eigenvalue weighted by molar-refractivity contribution is 5.62. The number of para-hydroxylation sites is 1. The van der Waals surface area contributed by atoms with Gasteiger partial charge < -0.3 is 4.57 Å². The molecule has 0 radical (unpaired) electrons. The van der Waals surface area contributed by atoms with Crippen molar-refractivity contribution in [3.63, 3.8) is 0 Å². The number of nitrogens with zero attached hydrogens (tertiary/aromatic N) is 1. The zero-order chi connectivity index (χ0) is 11.0. The fraction of sp³-hybridized carbons (Fsp3) is 0.200. The zero-order valence-corrected chi connectivity index (χ0v) is 9.43. The van der Waals surface area contributed by atoms with Gasteiger partial charge in [-0.1, -0.05) is 31.2 Å². The van der Waals surface area contributed by atoms with E-state index in [2.05, 4.69) is 66.2 Å². The van der Waals surface area contributed by atoms with Gasteiger partial charge in [0.05, 0.1) is 0 Å². The van der Waals surface area contributed by atoms with Crippen molar-refractivity contribution in [2.75, 3.05) is 0 Å². The van der Waals surface area contributed by atoms with Crippen LogP contribution >= 0.6 is 0 Å². The molecule has 1 aliphatic rings. The van der Waals surface area contributed by atoms with Crippen LogP contribution in [-0.2, 0) is 0 Å². The number of benzene rings is 1. The lowest BCUT2D eigenvalue weighted by molar-refractivity contribution is 0.818. The number of aromatic nitrogens is 1. The van der Waals surface area contributed by atoms with Crippen LogP contribution in [-0.4, -0.2) is 4.57 Å². The lowest BCUT2D eigenvalue weighted by Gasteiger charge is -2.06. The molecular formula is C15H15N. The van der Waals surface area contributed by atoms with Crippen LogP contribution in [0.3, 0.4) is 0 Å². The van der Waals surface area contributed by atoms with Gasteiger partial charge in [0.1, 0.15) is 0 Å². The molecule has 1 aliphatic carbocycles. The molecule has 0 saturated carbocycles. The Bertz CT molecular complexity index is 520. The summed E-state index contributed by atoms with van der Waals surface area (Å²) in [6.45, 7) is 2.24. The summed E-state index contributed by atoms with van der Waals surface area (Å²) in [5.74, 6) is 0.611. The van der Waals surface area contributed by atoms with E-state index in [1.807, 2.05) is 0 Å². The van der Waals surface area contributed by atoms with Gasteiger partial charge >= 0.3 is 0 Å². The molecule has 1 heteroatoms. The maximum atomic E-state index is 2.31. The number of allylic oxidation sites excluding steroid dienone is 1. The van der Waals surface area contributed by atoms with Crippen LogP contribution in [0.2, 0.25) is 0 Å². The van der Waals surface area contributed by atoms with E-state index in [1.165, 1.54) is 23.4 Å². The summed E-state index contributed by atoms with van der Waals surface area (Å²) in [6, 6.07) is 12.8. The van der Waals surface area contributed by atoms with Gasteiger partial charge in [0.15, 0.2) is 0 Å². The Kier molecular flexibility index (Phi) is 2.17. The van der Waals surface area contributed by atoms with Crippen molar-refractivity contribution in [1.29, 1.82) is 0 Å². The van der Waals surface area contributed by atoms with E-state index in [1.54, 1.807) is 0 Å². The maximum Gasteiger partial charge on any atom is 0.0491 e. The molecule has 80 valence electrons. The Balaban J connectivity index is 2.09. The third-order valence-electron chi connectivity index (χ3n) is 3.32. The minimum Gasteiger partial charge on any atom is -0.317 e. The number of fused-ring (bicyclic) bond motifs is 1. The molecule has 16 heavy (non-hydrogen) atoms. The first-order chi connectivity index (χ1) is 7.90. The molecule has 1 nitrogen and oxygen atoms in total. The van der Waals surface area contributed by atoms with Gasteiger partial charge in [0, 0.05) is 23.5 Å². The highest BCUT2D eigenvalue weighted by Gasteiger charge is 2.19. The van der Waals surface area contributed by atoms with E-state index in [0.29, 0.717) is 5.92 Å². The first kappa shape index (κ1) is 9.46. The summed E-state index contributed by atoms with van der Waals surface area (Å²) in [7, 11) is 0. The maximum absolute atomic E-state index is 2.31. The summed E-state index contributed by atoms with van der Waals surface area (Å²) in [6.07, 6.45) is 7.91. The monoisotopic (exact) mass is 209 g/mol. The predicted octanol–water partition coefficient (Wildman–Crippen LogP) is 4.00. The van der Waals surface area contributed by atoms with Crippen molar-refractivity contribution in [2.45, 2.75) is 19.3 Å². The van der Waals surface area contributed by atoms with Crippen LogP contribution in [0.1, 0.15) is 30.5 Å². The molecule has 0 fully saturated rings. The molecule has 2 aromatic rings. The van der Waals surface area contributed by atoms with Crippen molar-refractivity contribution in [1.82, 2.24) is 4.57 Å². The Hall–Kier alpha value is -1.76. The Morgan fingerprint density at radius 1 is 1.12 bits per heavy atom. The van der Waals surface area contributed by atoms with Gasteiger partial charge in [-0.3, -0.25) is 0 Å². The van der Waals surface area contributed by atoms with Gasteiger partial charge in [-0.25, -0.2) is 0 Å². The first-order valence-corrected chi connectivity index (χ1v) is 5.85. The van der Waals surface area contributed by atoms with E-state index in [-0.39, 0.29) is 0 Å². The first-order valence-electron chi connectivity index (χ1n) is 5.85. The standard InChI is InChI=1S/C15H15N/c1-2-12-8-9-15-14(12)10-11-16(15)13-6-4-3-5-7-13/h3-12H,2H2,1H3. The quantitative estimate of drug-likeness (QED) is 0.704. The summed E-state index contributed by atoms with van der Waals surface area (Å²) in [5, 5.41) is 0. The van der Waals surface area contributed by atoms with Gasteiger partial charge in [0.25, 0.3) is 0 Å². The molecule has 0 bridgehead atoms. The van der Waals surface area contributed by atoms with Crippen LogP contribution in [0.15, 0.2) is 48.7 Å². The Morgan fingerprint density at radius 2 is 1.94 bits per heavy atom. The van der Waals surface area contributed by atoms with Gasteiger partial charge in [-0.15, -0.1) is 0 Å². The predicted molar refractivity (Wildman–Crippen MR) is 67.8 cm³/mol. The topological polar surface area (TPSA) is 4.93 Å². The smallest absolute Gasteiger partial charge is 0.0491 e. The van der Waals surface area contributed by atoms with E-state index >= 15 is 0 Å². The molecule has 1 aromatic carbocycles. The molecule has 0 amide bonds. The molecule has 1 aromatic heterocycles. The molecule has 1 unspecified atom stereocenters. The van der Waals surface area contributed by atoms with Gasteiger partial charge in [-0.05, 0) is 36.3 Å². The van der Waals surface area contributed by atoms with Crippen LogP contribution in [0.5, 0.6) is 0 Å². The highest BCUT2D eigenvalue weighted by Crippen LogP contribution is 2.34. The SMILES string of the molecule is CCC1C=Cc2c1ccn2-c1ccccc1. The second kappa shape index (κ2) is 3.67. The second-order valence-electron chi connectivity index (χ2n) is 4.24. The van der Waals surface area contributed by atoms with Crippen LogP contribution < -0.4 is 0 Å². The van der Waals surface area contributed by atoms with E-state index in [4.69, 9.17) is 0 Å². The van der Waals surface area contributed by atoms with Crippen molar-refractivity contribution < 1.29 is 0 Å². The molecular weight excluding hydrogens is 194 g/mol. The average Bonchev–Trinajstić information content (AvgIpc) is 2.90. The minimum atomic E-state index is 0.611. The number of hydrogen-bond acceptors (Lipinski definition) is 0. The highest BCUT2D eigenvalue weighted by atomic mass is 15.0. The lowest BCUT2D eigenvalue weighted by atomic mass is 10.0. The largest absolute Gasteiger partial charge is 0.317 e. The third-order valence-corrected chi connectivity index (χ3v) is 3.32. The van der Waals surface area contributed by atoms with Crippen LogP contribution in [0.25, 0.3) is 11.8 Å². The van der Waals surface area contributed by atoms with Gasteiger partial charge in [0.2, 0.25) is 0 Å². The fourth-order valence-electron chi connectivity index (χ4n) is 2.43. The minimum absolute atomic E-state index is 0.611. The normalized spacial score (nSPS) is 17.7. The Morgan fingerprint density at radius 3 is 2.69 bits per heavy atom. The van der Waals surface area contributed by atoms with Crippen LogP contribution in [0, 0.1) is 0 Å². The Labute approximate surface area is 96.0 Å². The van der Waals surface area contributed by atoms with Gasteiger partial charge in [-0.2, -0.15) is 0 Å². The van der Waals surface area contributed by atoms with Crippen molar-refractivity contribution >= 4 is 6.08 Å². The van der Waals surface area contributed by atoms with E-state index in [0.717, 1.165) is 0 Å². The molecule has 0 saturated heterocycles. The third kappa shape index (κ3) is 1.32. The molecule has 3 rings (SSSR count). The summed E-state index contributed by atoms with van der Waals surface area (Å²) >= 11 is 0.